The van der Waals surface area contributed by atoms with Crippen molar-refractivity contribution in [3.8, 4) is 0 Å². The maximum atomic E-state index is 12.9. The van der Waals surface area contributed by atoms with Gasteiger partial charge in [-0.3, -0.25) is 9.52 Å². The van der Waals surface area contributed by atoms with Crippen molar-refractivity contribution in [3.63, 3.8) is 0 Å². The molecule has 2 N–H and O–H groups in total. The molecule has 0 spiro atoms. The average molecular weight is 483 g/mol. The number of amides is 1. The molecule has 0 saturated heterocycles. The van der Waals surface area contributed by atoms with Gasteiger partial charge in [0.25, 0.3) is 15.9 Å². The Balaban J connectivity index is 1.81. The quantitative estimate of drug-likeness (QED) is 0.466. The summed E-state index contributed by atoms with van der Waals surface area (Å²) in [5.74, 6) is -0.692. The molecule has 3 aromatic carbocycles. The van der Waals surface area contributed by atoms with E-state index in [1.165, 1.54) is 30.3 Å². The Morgan fingerprint density at radius 1 is 0.906 bits per heavy atom. The Morgan fingerprint density at radius 2 is 1.56 bits per heavy atom. The Kier molecular flexibility index (Phi) is 6.52. The molecule has 0 bridgehead atoms. The summed E-state index contributed by atoms with van der Waals surface area (Å²) in [6.07, 6.45) is -4.59. The molecule has 3 aromatic rings. The van der Waals surface area contributed by atoms with Gasteiger partial charge in [0, 0.05) is 5.56 Å². The molecule has 0 saturated carbocycles. The average Bonchev–Trinajstić information content (AvgIpc) is 2.70. The first-order chi connectivity index (χ1) is 14.9. The molecule has 0 unspecified atom stereocenters. The van der Waals surface area contributed by atoms with Crippen LogP contribution >= 0.6 is 11.6 Å². The third-order valence-electron chi connectivity index (χ3n) is 4.61. The lowest BCUT2D eigenvalue weighted by Gasteiger charge is -2.14. The zero-order chi connectivity index (χ0) is 23.7. The summed E-state index contributed by atoms with van der Waals surface area (Å²) in [6.45, 7) is 3.44. The van der Waals surface area contributed by atoms with Gasteiger partial charge in [-0.05, 0) is 67.9 Å². The monoisotopic (exact) mass is 482 g/mol. The van der Waals surface area contributed by atoms with Crippen LogP contribution in [0.25, 0.3) is 0 Å². The van der Waals surface area contributed by atoms with Gasteiger partial charge in [0.05, 0.1) is 26.9 Å². The van der Waals surface area contributed by atoms with Crippen LogP contribution < -0.4 is 10.0 Å². The van der Waals surface area contributed by atoms with Crippen molar-refractivity contribution in [3.05, 3.63) is 87.9 Å². The zero-order valence-electron chi connectivity index (χ0n) is 16.9. The summed E-state index contributed by atoms with van der Waals surface area (Å²) < 4.78 is 66.4. The van der Waals surface area contributed by atoms with E-state index in [9.17, 15) is 26.4 Å². The molecular formula is C22H18ClF3N2O3S. The fourth-order valence-electron chi connectivity index (χ4n) is 2.83. The number of carbonyl (C=O) groups is 1. The first-order valence-corrected chi connectivity index (χ1v) is 11.1. The number of rotatable bonds is 5. The number of halogens is 4. The summed E-state index contributed by atoms with van der Waals surface area (Å²) >= 11 is 5.92. The fourth-order valence-corrected chi connectivity index (χ4v) is 4.13. The second-order valence-electron chi connectivity index (χ2n) is 7.09. The van der Waals surface area contributed by atoms with Gasteiger partial charge in [-0.1, -0.05) is 29.3 Å². The van der Waals surface area contributed by atoms with Crippen molar-refractivity contribution in [2.45, 2.75) is 24.9 Å². The number of nitrogens with one attached hydrogen (secondary N) is 2. The van der Waals surface area contributed by atoms with Crippen LogP contribution in [0.4, 0.5) is 24.5 Å². The van der Waals surface area contributed by atoms with Crippen molar-refractivity contribution in [1.82, 2.24) is 0 Å². The molecule has 32 heavy (non-hydrogen) atoms. The summed E-state index contributed by atoms with van der Waals surface area (Å²) in [6, 6.07) is 13.1. The van der Waals surface area contributed by atoms with E-state index in [-0.39, 0.29) is 26.9 Å². The minimum absolute atomic E-state index is 0.0504. The first-order valence-electron chi connectivity index (χ1n) is 9.25. The van der Waals surface area contributed by atoms with Crippen LogP contribution in [0.5, 0.6) is 0 Å². The molecule has 168 valence electrons. The van der Waals surface area contributed by atoms with Crippen molar-refractivity contribution >= 4 is 38.9 Å². The summed E-state index contributed by atoms with van der Waals surface area (Å²) in [4.78, 5) is 12.6. The van der Waals surface area contributed by atoms with Gasteiger partial charge in [0.1, 0.15) is 0 Å². The highest BCUT2D eigenvalue weighted by molar-refractivity contribution is 7.92. The van der Waals surface area contributed by atoms with Crippen molar-refractivity contribution < 1.29 is 26.4 Å². The third kappa shape index (κ3) is 5.41. The van der Waals surface area contributed by atoms with Gasteiger partial charge in [0.15, 0.2) is 0 Å². The number of hydrogen-bond acceptors (Lipinski definition) is 3. The minimum Gasteiger partial charge on any atom is -0.321 e. The van der Waals surface area contributed by atoms with Crippen LogP contribution in [-0.2, 0) is 16.2 Å². The summed E-state index contributed by atoms with van der Waals surface area (Å²) in [5, 5.41) is 2.31. The molecule has 0 aromatic heterocycles. The Labute approximate surface area is 188 Å². The number of anilines is 2. The molecule has 0 radical (unpaired) electrons. The normalized spacial score (nSPS) is 11.8. The Hall–Kier alpha value is -3.04. The lowest BCUT2D eigenvalue weighted by molar-refractivity contribution is -0.137. The highest BCUT2D eigenvalue weighted by Crippen LogP contribution is 2.34. The van der Waals surface area contributed by atoms with Crippen LogP contribution in [0.2, 0.25) is 5.02 Å². The number of hydrogen-bond donors (Lipinski definition) is 2. The van der Waals surface area contributed by atoms with Gasteiger partial charge in [-0.2, -0.15) is 13.2 Å². The van der Waals surface area contributed by atoms with E-state index < -0.39 is 27.7 Å². The van der Waals surface area contributed by atoms with E-state index in [1.54, 1.807) is 19.1 Å². The molecule has 0 aliphatic carbocycles. The van der Waals surface area contributed by atoms with Gasteiger partial charge in [-0.15, -0.1) is 0 Å². The Morgan fingerprint density at radius 3 is 2.16 bits per heavy atom. The maximum Gasteiger partial charge on any atom is 0.416 e. The number of carbonyl (C=O) groups excluding carboxylic acids is 1. The lowest BCUT2D eigenvalue weighted by atomic mass is 10.1. The van der Waals surface area contributed by atoms with Crippen molar-refractivity contribution in [1.29, 1.82) is 0 Å². The van der Waals surface area contributed by atoms with Crippen LogP contribution in [0, 0.1) is 13.8 Å². The van der Waals surface area contributed by atoms with Crippen LogP contribution in [-0.4, -0.2) is 14.3 Å². The van der Waals surface area contributed by atoms with E-state index in [0.717, 1.165) is 23.8 Å². The molecule has 1 amide bonds. The van der Waals surface area contributed by atoms with Gasteiger partial charge < -0.3 is 5.32 Å². The van der Waals surface area contributed by atoms with Crippen LogP contribution in [0.3, 0.4) is 0 Å². The first kappa shape index (κ1) is 23.6. The van der Waals surface area contributed by atoms with Gasteiger partial charge >= 0.3 is 6.18 Å². The summed E-state index contributed by atoms with van der Waals surface area (Å²) in [7, 11) is -3.83. The zero-order valence-corrected chi connectivity index (χ0v) is 18.5. The number of benzene rings is 3. The largest absolute Gasteiger partial charge is 0.416 e. The molecule has 0 aliphatic heterocycles. The smallest absolute Gasteiger partial charge is 0.321 e. The topological polar surface area (TPSA) is 75.3 Å². The van der Waals surface area contributed by atoms with Gasteiger partial charge in [0.2, 0.25) is 0 Å². The molecule has 0 aliphatic rings. The molecular weight excluding hydrogens is 465 g/mol. The van der Waals surface area contributed by atoms with E-state index >= 15 is 0 Å². The molecule has 3 rings (SSSR count). The molecule has 0 heterocycles. The van der Waals surface area contributed by atoms with E-state index in [1.807, 2.05) is 6.92 Å². The van der Waals surface area contributed by atoms with E-state index in [0.29, 0.717) is 5.56 Å². The van der Waals surface area contributed by atoms with E-state index in [2.05, 4.69) is 10.0 Å². The molecule has 5 nitrogen and oxygen atoms in total. The predicted molar refractivity (Wildman–Crippen MR) is 118 cm³/mol. The number of aryl methyl sites for hydroxylation is 2. The van der Waals surface area contributed by atoms with E-state index in [4.69, 9.17) is 11.6 Å². The number of sulfonamides is 1. The lowest BCUT2D eigenvalue weighted by Crippen LogP contribution is -2.16. The van der Waals surface area contributed by atoms with Crippen molar-refractivity contribution in [2.24, 2.45) is 0 Å². The minimum atomic E-state index is -4.59. The summed E-state index contributed by atoms with van der Waals surface area (Å²) in [5.41, 5.74) is 0.607. The highest BCUT2D eigenvalue weighted by Gasteiger charge is 2.31. The van der Waals surface area contributed by atoms with Crippen LogP contribution in [0.1, 0.15) is 27.0 Å². The number of alkyl halides is 3. The fraction of sp³-hybridized carbons (Fsp3) is 0.136. The standard InChI is InChI=1S/C22H18ClF3N2O3S/c1-13-3-7-17(8-4-13)32(30,31)28-19-10-5-15(11-14(19)2)21(29)27-20-12-16(22(24,25)26)6-9-18(20)23/h3-12,28H,1-2H3,(H,27,29). The second kappa shape index (κ2) is 8.84. The maximum absolute atomic E-state index is 12.9. The predicted octanol–water partition coefficient (Wildman–Crippen LogP) is 6.03. The molecule has 0 atom stereocenters. The van der Waals surface area contributed by atoms with Crippen LogP contribution in [0.15, 0.2) is 65.6 Å². The SMILES string of the molecule is Cc1ccc(S(=O)(=O)Nc2ccc(C(=O)Nc3cc(C(F)(F)F)ccc3Cl)cc2C)cc1. The third-order valence-corrected chi connectivity index (χ3v) is 6.32. The molecule has 10 heteroatoms. The van der Waals surface area contributed by atoms with Crippen molar-refractivity contribution in [2.75, 3.05) is 10.0 Å². The highest BCUT2D eigenvalue weighted by atomic mass is 35.5. The second-order valence-corrected chi connectivity index (χ2v) is 9.18. The Bertz CT molecular complexity index is 1270. The molecule has 0 fully saturated rings. The van der Waals surface area contributed by atoms with Gasteiger partial charge in [-0.25, -0.2) is 8.42 Å².